The number of nitrogens with one attached hydrogen (secondary N) is 1. The second-order valence-corrected chi connectivity index (χ2v) is 4.60. The van der Waals surface area contributed by atoms with Crippen LogP contribution >= 0.6 is 15.9 Å². The molecule has 1 aromatic rings. The average molecular weight is 304 g/mol. The summed E-state index contributed by atoms with van der Waals surface area (Å²) in [6, 6.07) is 1.30. The van der Waals surface area contributed by atoms with E-state index in [4.69, 9.17) is 0 Å². The van der Waals surface area contributed by atoms with Gasteiger partial charge in [-0.15, -0.1) is 0 Å². The number of aromatic nitrogens is 1. The number of nitrogens with zero attached hydrogens (tertiary/aromatic N) is 2. The fourth-order valence-corrected chi connectivity index (χ4v) is 2.09. The van der Waals surface area contributed by atoms with Crippen molar-refractivity contribution in [2.45, 2.75) is 19.4 Å². The van der Waals surface area contributed by atoms with Crippen molar-refractivity contribution in [3.63, 3.8) is 0 Å². The molecule has 1 heterocycles. The quantitative estimate of drug-likeness (QED) is 0.512. The van der Waals surface area contributed by atoms with Crippen molar-refractivity contribution < 1.29 is 9.72 Å². The van der Waals surface area contributed by atoms with Crippen LogP contribution in [0.4, 0.5) is 5.69 Å². The molecule has 1 atom stereocenters. The van der Waals surface area contributed by atoms with Gasteiger partial charge in [-0.1, -0.05) is 15.9 Å². The average Bonchev–Trinajstić information content (AvgIpc) is 2.60. The normalized spacial score (nSPS) is 12.2. The number of amides is 1. The van der Waals surface area contributed by atoms with Crippen LogP contribution in [0.15, 0.2) is 12.3 Å². The zero-order valence-electron chi connectivity index (χ0n) is 9.64. The van der Waals surface area contributed by atoms with E-state index in [2.05, 4.69) is 21.2 Å². The second kappa shape index (κ2) is 5.81. The molecule has 0 bridgehead atoms. The van der Waals surface area contributed by atoms with Crippen LogP contribution in [0, 0.1) is 10.1 Å². The van der Waals surface area contributed by atoms with Gasteiger partial charge >= 0.3 is 0 Å². The fourth-order valence-electron chi connectivity index (χ4n) is 1.41. The Morgan fingerprint density at radius 2 is 2.35 bits per heavy atom. The van der Waals surface area contributed by atoms with Crippen molar-refractivity contribution >= 4 is 27.5 Å². The van der Waals surface area contributed by atoms with Crippen LogP contribution in [0.25, 0.3) is 0 Å². The van der Waals surface area contributed by atoms with Crippen LogP contribution in [0.5, 0.6) is 0 Å². The molecule has 0 fully saturated rings. The summed E-state index contributed by atoms with van der Waals surface area (Å²) in [6.45, 7) is 1.89. The van der Waals surface area contributed by atoms with Crippen LogP contribution in [0.1, 0.15) is 23.8 Å². The highest BCUT2D eigenvalue weighted by Gasteiger charge is 2.18. The minimum absolute atomic E-state index is 0.0239. The van der Waals surface area contributed by atoms with E-state index in [1.807, 2.05) is 6.92 Å². The number of hydrogen-bond donors (Lipinski definition) is 1. The van der Waals surface area contributed by atoms with Gasteiger partial charge in [0.15, 0.2) is 0 Å². The highest BCUT2D eigenvalue weighted by Crippen LogP contribution is 2.15. The Kier molecular flexibility index (Phi) is 4.68. The summed E-state index contributed by atoms with van der Waals surface area (Å²) in [5.74, 6) is -0.297. The Morgan fingerprint density at radius 1 is 1.71 bits per heavy atom. The number of carbonyl (C=O) groups excluding carboxylic acids is 1. The van der Waals surface area contributed by atoms with Crippen LogP contribution in [-0.2, 0) is 7.05 Å². The lowest BCUT2D eigenvalue weighted by molar-refractivity contribution is -0.384. The number of aryl methyl sites for hydroxylation is 1. The molecule has 0 saturated carbocycles. The predicted molar refractivity (Wildman–Crippen MR) is 67.4 cm³/mol. The van der Waals surface area contributed by atoms with Crippen molar-refractivity contribution in [2.75, 3.05) is 5.33 Å². The van der Waals surface area contributed by atoms with Gasteiger partial charge in [0.05, 0.1) is 11.1 Å². The third-order valence-electron chi connectivity index (χ3n) is 2.35. The fraction of sp³-hybridized carbons (Fsp3) is 0.500. The van der Waals surface area contributed by atoms with Crippen LogP contribution in [-0.4, -0.2) is 26.8 Å². The summed E-state index contributed by atoms with van der Waals surface area (Å²) in [4.78, 5) is 21.9. The van der Waals surface area contributed by atoms with E-state index < -0.39 is 4.92 Å². The van der Waals surface area contributed by atoms with Gasteiger partial charge in [0.2, 0.25) is 0 Å². The zero-order valence-corrected chi connectivity index (χ0v) is 11.2. The summed E-state index contributed by atoms with van der Waals surface area (Å²) in [5.41, 5.74) is 0.212. The second-order valence-electron chi connectivity index (χ2n) is 3.80. The minimum atomic E-state index is -0.515. The van der Waals surface area contributed by atoms with Gasteiger partial charge in [-0.2, -0.15) is 0 Å². The maximum atomic E-state index is 11.8. The molecule has 6 nitrogen and oxygen atoms in total. The lowest BCUT2D eigenvalue weighted by atomic mass is 10.2. The van der Waals surface area contributed by atoms with Crippen molar-refractivity contribution in [1.29, 1.82) is 0 Å². The molecule has 1 aromatic heterocycles. The van der Waals surface area contributed by atoms with Crippen molar-refractivity contribution in [2.24, 2.45) is 7.05 Å². The molecule has 1 unspecified atom stereocenters. The van der Waals surface area contributed by atoms with Crippen molar-refractivity contribution in [1.82, 2.24) is 9.88 Å². The summed E-state index contributed by atoms with van der Waals surface area (Å²) >= 11 is 3.29. The Hall–Kier alpha value is -1.37. The predicted octanol–water partition coefficient (Wildman–Crippen LogP) is 1.84. The van der Waals surface area contributed by atoms with E-state index in [0.717, 1.165) is 11.8 Å². The molecule has 1 rings (SSSR count). The molecular formula is C10H14BrN3O3. The number of halogens is 1. The lowest BCUT2D eigenvalue weighted by Gasteiger charge is -2.12. The monoisotopic (exact) mass is 303 g/mol. The molecule has 0 aliphatic rings. The van der Waals surface area contributed by atoms with Crippen LogP contribution in [0.3, 0.4) is 0 Å². The van der Waals surface area contributed by atoms with E-state index in [-0.39, 0.29) is 23.3 Å². The summed E-state index contributed by atoms with van der Waals surface area (Å²) < 4.78 is 1.45. The molecule has 0 saturated heterocycles. The first-order valence-electron chi connectivity index (χ1n) is 5.13. The Morgan fingerprint density at radius 3 is 2.82 bits per heavy atom. The van der Waals surface area contributed by atoms with E-state index >= 15 is 0 Å². The Balaban J connectivity index is 2.78. The van der Waals surface area contributed by atoms with Crippen LogP contribution in [0.2, 0.25) is 0 Å². The highest BCUT2D eigenvalue weighted by atomic mass is 79.9. The van der Waals surface area contributed by atoms with E-state index in [1.54, 1.807) is 7.05 Å². The van der Waals surface area contributed by atoms with Crippen LogP contribution < -0.4 is 5.32 Å². The van der Waals surface area contributed by atoms with Gasteiger partial charge < -0.3 is 9.88 Å². The summed E-state index contributed by atoms with van der Waals surface area (Å²) in [6.07, 6.45) is 2.13. The molecule has 0 spiro atoms. The zero-order chi connectivity index (χ0) is 13.0. The van der Waals surface area contributed by atoms with Gasteiger partial charge in [-0.3, -0.25) is 14.9 Å². The molecule has 0 aliphatic carbocycles. The van der Waals surface area contributed by atoms with Crippen molar-refractivity contribution in [3.8, 4) is 0 Å². The Labute approximate surface area is 107 Å². The van der Waals surface area contributed by atoms with E-state index in [9.17, 15) is 14.9 Å². The largest absolute Gasteiger partial charge is 0.348 e. The number of rotatable bonds is 5. The maximum Gasteiger partial charge on any atom is 0.287 e. The molecule has 17 heavy (non-hydrogen) atoms. The first-order valence-corrected chi connectivity index (χ1v) is 6.25. The van der Waals surface area contributed by atoms with Gasteiger partial charge in [0.1, 0.15) is 5.69 Å². The molecule has 0 aliphatic heterocycles. The minimum Gasteiger partial charge on any atom is -0.348 e. The summed E-state index contributed by atoms with van der Waals surface area (Å²) in [5, 5.41) is 14.1. The van der Waals surface area contributed by atoms with Gasteiger partial charge in [0, 0.05) is 24.5 Å². The molecule has 0 radical (unpaired) electrons. The molecule has 1 N–H and O–H groups in total. The first kappa shape index (κ1) is 13.7. The summed E-state index contributed by atoms with van der Waals surface area (Å²) in [7, 11) is 1.61. The van der Waals surface area contributed by atoms with Gasteiger partial charge in [-0.25, -0.2) is 0 Å². The SMILES string of the molecule is CC(CCBr)NC(=O)c1cc([N+](=O)[O-])cn1C. The molecule has 1 amide bonds. The lowest BCUT2D eigenvalue weighted by Crippen LogP contribution is -2.33. The topological polar surface area (TPSA) is 77.2 Å². The van der Waals surface area contributed by atoms with Crippen molar-refractivity contribution in [3.05, 3.63) is 28.1 Å². The third-order valence-corrected chi connectivity index (χ3v) is 2.81. The maximum absolute atomic E-state index is 11.8. The number of carbonyl (C=O) groups is 1. The Bertz CT molecular complexity index is 430. The smallest absolute Gasteiger partial charge is 0.287 e. The number of nitro groups is 1. The van der Waals surface area contributed by atoms with E-state index in [1.165, 1.54) is 16.8 Å². The molecular weight excluding hydrogens is 290 g/mol. The highest BCUT2D eigenvalue weighted by molar-refractivity contribution is 9.09. The number of hydrogen-bond acceptors (Lipinski definition) is 3. The van der Waals surface area contributed by atoms with Gasteiger partial charge in [-0.05, 0) is 13.3 Å². The number of alkyl halides is 1. The van der Waals surface area contributed by atoms with Gasteiger partial charge in [0.25, 0.3) is 11.6 Å². The standard InChI is InChI=1S/C10H14BrN3O3/c1-7(3-4-11)12-10(15)9-5-8(14(16)17)6-13(9)2/h5-7H,3-4H2,1-2H3,(H,12,15). The van der Waals surface area contributed by atoms with E-state index in [0.29, 0.717) is 0 Å². The molecule has 7 heteroatoms. The molecule has 94 valence electrons. The first-order chi connectivity index (χ1) is 7.95. The third kappa shape index (κ3) is 3.55. The molecule has 0 aromatic carbocycles.